The fraction of sp³-hybridized carbons (Fsp3) is 0.611. The Labute approximate surface area is 163 Å². The Hall–Kier alpha value is -1.21. The summed E-state index contributed by atoms with van der Waals surface area (Å²) < 4.78 is 16.1. The first-order valence-corrected chi connectivity index (χ1v) is 9.13. The summed E-state index contributed by atoms with van der Waals surface area (Å²) in [6.45, 7) is 5.77. The zero-order valence-corrected chi connectivity index (χ0v) is 16.9. The lowest BCUT2D eigenvalue weighted by Crippen LogP contribution is -2.37. The Balaban J connectivity index is 2.42. The van der Waals surface area contributed by atoms with Gasteiger partial charge in [0.25, 0.3) is 0 Å². The minimum Gasteiger partial charge on any atom is -0.467 e. The van der Waals surface area contributed by atoms with Crippen molar-refractivity contribution in [1.29, 1.82) is 0 Å². The van der Waals surface area contributed by atoms with Gasteiger partial charge in [-0.05, 0) is 39.3 Å². The van der Waals surface area contributed by atoms with E-state index in [2.05, 4.69) is 0 Å². The number of aliphatic hydroxyl groups is 1. The second-order valence-corrected chi connectivity index (χ2v) is 8.04. The summed E-state index contributed by atoms with van der Waals surface area (Å²) >= 11 is 12.7. The summed E-state index contributed by atoms with van der Waals surface area (Å²) in [6, 6.07) is 2.91. The van der Waals surface area contributed by atoms with Crippen molar-refractivity contribution in [3.05, 3.63) is 27.7 Å². The standard InChI is InChI=1S/C18H25Cl2NO5/c1-18(2,3)26-17(23)21-8-11(9-22)7-13(21)15-14(25-10-24-4)6-5-12(19)16(15)20/h5-6,11,13,22H,7-10H2,1-4H3. The molecule has 1 aliphatic rings. The van der Waals surface area contributed by atoms with Crippen molar-refractivity contribution < 1.29 is 24.1 Å². The number of likely N-dealkylation sites (tertiary alicyclic amines) is 1. The number of carbonyl (C=O) groups excluding carboxylic acids is 1. The zero-order chi connectivity index (χ0) is 19.5. The van der Waals surface area contributed by atoms with Crippen molar-refractivity contribution in [1.82, 2.24) is 4.90 Å². The molecule has 0 saturated carbocycles. The van der Waals surface area contributed by atoms with E-state index in [-0.39, 0.29) is 19.3 Å². The Morgan fingerprint density at radius 3 is 2.62 bits per heavy atom. The minimum atomic E-state index is -0.632. The van der Waals surface area contributed by atoms with Crippen LogP contribution in [0, 0.1) is 5.92 Å². The van der Waals surface area contributed by atoms with Crippen LogP contribution in [0.15, 0.2) is 12.1 Å². The van der Waals surface area contributed by atoms with Crippen LogP contribution in [0.5, 0.6) is 5.75 Å². The van der Waals surface area contributed by atoms with E-state index in [0.717, 1.165) is 0 Å². The molecule has 0 aromatic heterocycles. The van der Waals surface area contributed by atoms with Gasteiger partial charge in [0.15, 0.2) is 6.79 Å². The molecule has 1 aromatic carbocycles. The van der Waals surface area contributed by atoms with Crippen LogP contribution >= 0.6 is 23.2 Å². The number of aliphatic hydroxyl groups excluding tert-OH is 1. The number of hydrogen-bond donors (Lipinski definition) is 1. The fourth-order valence-electron chi connectivity index (χ4n) is 2.96. The predicted molar refractivity (Wildman–Crippen MR) is 99.8 cm³/mol. The van der Waals surface area contributed by atoms with Gasteiger partial charge in [-0.1, -0.05) is 23.2 Å². The number of hydrogen-bond acceptors (Lipinski definition) is 5. The first-order valence-electron chi connectivity index (χ1n) is 8.38. The van der Waals surface area contributed by atoms with E-state index in [0.29, 0.717) is 34.3 Å². The number of nitrogens with zero attached hydrogens (tertiary/aromatic N) is 1. The third-order valence-corrected chi connectivity index (χ3v) is 4.85. The average Bonchev–Trinajstić information content (AvgIpc) is 2.98. The Morgan fingerprint density at radius 2 is 2.04 bits per heavy atom. The van der Waals surface area contributed by atoms with Crippen molar-refractivity contribution >= 4 is 29.3 Å². The van der Waals surface area contributed by atoms with Gasteiger partial charge in [0.1, 0.15) is 11.4 Å². The van der Waals surface area contributed by atoms with Crippen LogP contribution in [0.3, 0.4) is 0 Å². The quantitative estimate of drug-likeness (QED) is 0.740. The maximum atomic E-state index is 12.7. The lowest BCUT2D eigenvalue weighted by atomic mass is 9.99. The fourth-order valence-corrected chi connectivity index (χ4v) is 3.41. The number of carbonyl (C=O) groups is 1. The highest BCUT2D eigenvalue weighted by molar-refractivity contribution is 6.42. The smallest absolute Gasteiger partial charge is 0.410 e. The van der Waals surface area contributed by atoms with Gasteiger partial charge in [-0.25, -0.2) is 4.79 Å². The molecule has 1 amide bonds. The molecule has 1 aromatic rings. The minimum absolute atomic E-state index is 0.0353. The Bertz CT molecular complexity index is 647. The van der Waals surface area contributed by atoms with Gasteiger partial charge in [0.2, 0.25) is 0 Å². The average molecular weight is 406 g/mol. The van der Waals surface area contributed by atoms with E-state index in [1.54, 1.807) is 37.8 Å². The predicted octanol–water partition coefficient (Wildman–Crippen LogP) is 4.27. The molecule has 8 heteroatoms. The molecule has 1 N–H and O–H groups in total. The monoisotopic (exact) mass is 405 g/mol. The largest absolute Gasteiger partial charge is 0.467 e. The van der Waals surface area contributed by atoms with Crippen LogP contribution in [-0.2, 0) is 9.47 Å². The molecule has 2 atom stereocenters. The van der Waals surface area contributed by atoms with E-state index in [1.807, 2.05) is 0 Å². The molecule has 0 aliphatic carbocycles. The molecule has 0 spiro atoms. The summed E-state index contributed by atoms with van der Waals surface area (Å²) in [4.78, 5) is 14.3. The van der Waals surface area contributed by atoms with Gasteiger partial charge in [-0.2, -0.15) is 0 Å². The summed E-state index contributed by atoms with van der Waals surface area (Å²) in [7, 11) is 1.52. The molecule has 146 valence electrons. The second-order valence-electron chi connectivity index (χ2n) is 7.26. The van der Waals surface area contributed by atoms with Gasteiger partial charge >= 0.3 is 6.09 Å². The Morgan fingerprint density at radius 1 is 1.35 bits per heavy atom. The Kier molecular flexibility index (Phi) is 7.02. The van der Waals surface area contributed by atoms with Crippen LogP contribution in [0.4, 0.5) is 4.79 Å². The zero-order valence-electron chi connectivity index (χ0n) is 15.4. The van der Waals surface area contributed by atoms with Crippen LogP contribution in [0.1, 0.15) is 38.8 Å². The van der Waals surface area contributed by atoms with Gasteiger partial charge in [0, 0.05) is 31.7 Å². The summed E-state index contributed by atoms with van der Waals surface area (Å²) in [5.74, 6) is 0.399. The van der Waals surface area contributed by atoms with Crippen LogP contribution < -0.4 is 4.74 Å². The number of benzene rings is 1. The summed E-state index contributed by atoms with van der Waals surface area (Å²) in [5, 5.41) is 10.3. The van der Waals surface area contributed by atoms with Gasteiger partial charge < -0.3 is 24.2 Å². The second kappa shape index (κ2) is 8.65. The molecule has 6 nitrogen and oxygen atoms in total. The van der Waals surface area contributed by atoms with E-state index in [4.69, 9.17) is 37.4 Å². The maximum Gasteiger partial charge on any atom is 0.410 e. The van der Waals surface area contributed by atoms with E-state index in [9.17, 15) is 9.90 Å². The van der Waals surface area contributed by atoms with Crippen molar-refractivity contribution in [3.8, 4) is 5.75 Å². The SMILES string of the molecule is COCOc1ccc(Cl)c(Cl)c1C1CC(CO)CN1C(=O)OC(C)(C)C. The third kappa shape index (κ3) is 4.94. The molecule has 2 rings (SSSR count). The van der Waals surface area contributed by atoms with E-state index in [1.165, 1.54) is 7.11 Å². The lowest BCUT2D eigenvalue weighted by molar-refractivity contribution is 0.0208. The highest BCUT2D eigenvalue weighted by atomic mass is 35.5. The van der Waals surface area contributed by atoms with Gasteiger partial charge in [-0.15, -0.1) is 0 Å². The molecule has 1 aliphatic heterocycles. The van der Waals surface area contributed by atoms with Crippen molar-refractivity contribution in [2.75, 3.05) is 27.1 Å². The van der Waals surface area contributed by atoms with Crippen LogP contribution in [-0.4, -0.2) is 48.8 Å². The normalized spacial score (nSPS) is 20.3. The number of halogens is 2. The molecular weight excluding hydrogens is 381 g/mol. The van der Waals surface area contributed by atoms with Crippen molar-refractivity contribution in [2.24, 2.45) is 5.92 Å². The van der Waals surface area contributed by atoms with Crippen LogP contribution in [0.2, 0.25) is 10.0 Å². The molecule has 1 heterocycles. The highest BCUT2D eigenvalue weighted by Gasteiger charge is 2.40. The molecule has 2 unspecified atom stereocenters. The first kappa shape index (κ1) is 21.1. The molecule has 0 radical (unpaired) electrons. The number of rotatable bonds is 5. The lowest BCUT2D eigenvalue weighted by Gasteiger charge is -2.30. The maximum absolute atomic E-state index is 12.7. The molecule has 0 bridgehead atoms. The molecule has 1 saturated heterocycles. The molecule has 26 heavy (non-hydrogen) atoms. The molecular formula is C18H25Cl2NO5. The molecule has 1 fully saturated rings. The van der Waals surface area contributed by atoms with Gasteiger partial charge in [0.05, 0.1) is 16.1 Å². The topological polar surface area (TPSA) is 68.2 Å². The highest BCUT2D eigenvalue weighted by Crippen LogP contribution is 2.45. The van der Waals surface area contributed by atoms with E-state index < -0.39 is 17.7 Å². The third-order valence-electron chi connectivity index (χ3n) is 4.03. The van der Waals surface area contributed by atoms with E-state index >= 15 is 0 Å². The summed E-state index contributed by atoms with van der Waals surface area (Å²) in [5.41, 5.74) is -0.0371. The van der Waals surface area contributed by atoms with Crippen molar-refractivity contribution in [2.45, 2.75) is 38.8 Å². The number of ether oxygens (including phenoxy) is 3. The number of amides is 1. The van der Waals surface area contributed by atoms with Gasteiger partial charge in [-0.3, -0.25) is 0 Å². The number of methoxy groups -OCH3 is 1. The van der Waals surface area contributed by atoms with Crippen molar-refractivity contribution in [3.63, 3.8) is 0 Å². The van der Waals surface area contributed by atoms with Crippen LogP contribution in [0.25, 0.3) is 0 Å². The summed E-state index contributed by atoms with van der Waals surface area (Å²) in [6.07, 6.45) is 0.0614. The first-order chi connectivity index (χ1) is 12.2.